The molecule has 0 fully saturated rings. The van der Waals surface area contributed by atoms with Gasteiger partial charge in [-0.2, -0.15) is 0 Å². The summed E-state index contributed by atoms with van der Waals surface area (Å²) in [5.74, 6) is -0.497. The van der Waals surface area contributed by atoms with E-state index in [4.69, 9.17) is 5.73 Å². The van der Waals surface area contributed by atoms with Crippen molar-refractivity contribution < 1.29 is 9.18 Å². The second-order valence-corrected chi connectivity index (χ2v) is 7.38. The van der Waals surface area contributed by atoms with Gasteiger partial charge in [0.15, 0.2) is 5.96 Å². The maximum Gasteiger partial charge on any atom is 0.237 e. The number of pyridine rings is 1. The molecule has 0 saturated heterocycles. The van der Waals surface area contributed by atoms with Gasteiger partial charge in [-0.1, -0.05) is 18.2 Å². The fraction of sp³-hybridized carbons (Fsp3) is 0.350. The quantitative estimate of drug-likeness (QED) is 0.921. The van der Waals surface area contributed by atoms with Crippen LogP contribution in [-0.4, -0.2) is 28.8 Å². The number of carbonyl (C=O) groups excluding carboxylic acids is 1. The number of rotatable bonds is 3. The topological polar surface area (TPSA) is 71.6 Å². The summed E-state index contributed by atoms with van der Waals surface area (Å²) < 4.78 is 14.8. The fourth-order valence-electron chi connectivity index (χ4n) is 3.37. The predicted octanol–water partition coefficient (Wildman–Crippen LogP) is 2.84. The Labute approximate surface area is 152 Å². The van der Waals surface area contributed by atoms with Crippen molar-refractivity contribution in [2.75, 3.05) is 7.05 Å². The number of guanidine groups is 1. The highest BCUT2D eigenvalue weighted by molar-refractivity contribution is 6.01. The number of hydrogen-bond donors (Lipinski definition) is 1. The molecule has 0 saturated carbocycles. The minimum atomic E-state index is -1.10. The summed E-state index contributed by atoms with van der Waals surface area (Å²) in [7, 11) is 1.58. The van der Waals surface area contributed by atoms with Crippen LogP contribution in [0.4, 0.5) is 4.39 Å². The van der Waals surface area contributed by atoms with Gasteiger partial charge in [0.05, 0.1) is 5.41 Å². The summed E-state index contributed by atoms with van der Waals surface area (Å²) in [5, 5.41) is 0. The SMILES string of the molecule is CN1C(=O)C(C)(C)[C@@](C)(c2cc(Cc3cccnc3)ccc2F)N=C1N. The zero-order valence-corrected chi connectivity index (χ0v) is 15.5. The zero-order chi connectivity index (χ0) is 19.1. The number of aromatic nitrogens is 1. The van der Waals surface area contributed by atoms with Crippen molar-refractivity contribution >= 4 is 11.9 Å². The van der Waals surface area contributed by atoms with Crippen molar-refractivity contribution in [2.24, 2.45) is 16.1 Å². The third-order valence-corrected chi connectivity index (χ3v) is 5.42. The molecule has 1 aromatic heterocycles. The first-order valence-corrected chi connectivity index (χ1v) is 8.48. The number of amides is 1. The van der Waals surface area contributed by atoms with Crippen LogP contribution < -0.4 is 5.73 Å². The van der Waals surface area contributed by atoms with Crippen molar-refractivity contribution in [2.45, 2.75) is 32.7 Å². The molecule has 0 unspecified atom stereocenters. The molecule has 6 heteroatoms. The van der Waals surface area contributed by atoms with Gasteiger partial charge in [-0.3, -0.25) is 14.7 Å². The van der Waals surface area contributed by atoms with Crippen LogP contribution in [0.15, 0.2) is 47.7 Å². The summed E-state index contributed by atoms with van der Waals surface area (Å²) >= 11 is 0. The van der Waals surface area contributed by atoms with Gasteiger partial charge in [0.2, 0.25) is 5.91 Å². The van der Waals surface area contributed by atoms with E-state index in [0.29, 0.717) is 12.0 Å². The van der Waals surface area contributed by atoms with E-state index in [1.807, 2.05) is 12.1 Å². The second-order valence-electron chi connectivity index (χ2n) is 7.38. The van der Waals surface area contributed by atoms with E-state index in [0.717, 1.165) is 11.1 Å². The highest BCUT2D eigenvalue weighted by Crippen LogP contribution is 2.47. The Morgan fingerprint density at radius 2 is 1.92 bits per heavy atom. The van der Waals surface area contributed by atoms with Crippen LogP contribution >= 0.6 is 0 Å². The Morgan fingerprint density at radius 1 is 1.19 bits per heavy atom. The molecule has 2 aromatic rings. The van der Waals surface area contributed by atoms with Gasteiger partial charge in [-0.25, -0.2) is 9.38 Å². The minimum Gasteiger partial charge on any atom is -0.369 e. The van der Waals surface area contributed by atoms with Crippen molar-refractivity contribution in [1.82, 2.24) is 9.88 Å². The van der Waals surface area contributed by atoms with Crippen LogP contribution in [0.2, 0.25) is 0 Å². The number of benzene rings is 1. The highest BCUT2D eigenvalue weighted by Gasteiger charge is 2.53. The van der Waals surface area contributed by atoms with Crippen molar-refractivity contribution in [1.29, 1.82) is 0 Å². The molecule has 0 radical (unpaired) electrons. The van der Waals surface area contributed by atoms with E-state index in [2.05, 4.69) is 9.98 Å². The molecule has 1 amide bonds. The fourth-order valence-corrected chi connectivity index (χ4v) is 3.37. The molecule has 2 N–H and O–H groups in total. The van der Waals surface area contributed by atoms with Crippen LogP contribution in [0, 0.1) is 11.2 Å². The van der Waals surface area contributed by atoms with Crippen LogP contribution in [-0.2, 0) is 16.8 Å². The normalized spacial score (nSPS) is 22.3. The number of carbonyl (C=O) groups is 1. The maximum absolute atomic E-state index is 14.8. The number of aliphatic imine (C=N–C) groups is 1. The van der Waals surface area contributed by atoms with Gasteiger partial charge in [-0.15, -0.1) is 0 Å². The number of halogens is 1. The third kappa shape index (κ3) is 2.75. The van der Waals surface area contributed by atoms with Gasteiger partial charge in [-0.05, 0) is 50.5 Å². The lowest BCUT2D eigenvalue weighted by Crippen LogP contribution is -2.58. The Balaban J connectivity index is 2.10. The Hall–Kier alpha value is -2.76. The first kappa shape index (κ1) is 18.0. The van der Waals surface area contributed by atoms with E-state index in [1.54, 1.807) is 52.3 Å². The predicted molar refractivity (Wildman–Crippen MR) is 99.0 cm³/mol. The molecule has 1 aliphatic heterocycles. The van der Waals surface area contributed by atoms with Gasteiger partial charge in [0.1, 0.15) is 11.4 Å². The van der Waals surface area contributed by atoms with Crippen LogP contribution in [0.3, 0.4) is 0 Å². The molecule has 26 heavy (non-hydrogen) atoms. The first-order chi connectivity index (χ1) is 12.2. The standard InChI is InChI=1S/C20H23FN4O/c1-19(2)17(26)25(4)18(22)24-20(19,3)15-11-13(7-8-16(15)21)10-14-6-5-9-23-12-14/h5-9,11-12H,10H2,1-4H3,(H2,22,24)/t20-/m1/s1. The second kappa shape index (κ2) is 6.20. The zero-order valence-electron chi connectivity index (χ0n) is 15.5. The molecule has 1 atom stereocenters. The van der Waals surface area contributed by atoms with E-state index >= 15 is 0 Å². The number of nitrogens with zero attached hydrogens (tertiary/aromatic N) is 3. The molecule has 0 aliphatic carbocycles. The van der Waals surface area contributed by atoms with Crippen LogP contribution in [0.25, 0.3) is 0 Å². The molecule has 0 spiro atoms. The third-order valence-electron chi connectivity index (χ3n) is 5.42. The summed E-state index contributed by atoms with van der Waals surface area (Å²) in [6.07, 6.45) is 4.11. The van der Waals surface area contributed by atoms with E-state index in [1.165, 1.54) is 11.0 Å². The average molecular weight is 354 g/mol. The molecule has 2 heterocycles. The molecular formula is C20H23FN4O. The van der Waals surface area contributed by atoms with Crippen molar-refractivity contribution in [3.63, 3.8) is 0 Å². The number of hydrogen-bond acceptors (Lipinski definition) is 4. The van der Waals surface area contributed by atoms with Crippen LogP contribution in [0.5, 0.6) is 0 Å². The highest BCUT2D eigenvalue weighted by atomic mass is 19.1. The number of nitrogens with two attached hydrogens (primary N) is 1. The van der Waals surface area contributed by atoms with Gasteiger partial charge in [0.25, 0.3) is 0 Å². The van der Waals surface area contributed by atoms with Crippen molar-refractivity contribution in [3.05, 3.63) is 65.2 Å². The monoisotopic (exact) mass is 354 g/mol. The van der Waals surface area contributed by atoms with E-state index in [-0.39, 0.29) is 11.9 Å². The maximum atomic E-state index is 14.8. The summed E-state index contributed by atoms with van der Waals surface area (Å²) in [6, 6.07) is 8.78. The molecule has 136 valence electrons. The lowest BCUT2D eigenvalue weighted by Gasteiger charge is -2.46. The Morgan fingerprint density at radius 3 is 2.58 bits per heavy atom. The van der Waals surface area contributed by atoms with Crippen LogP contribution in [0.1, 0.15) is 37.5 Å². The van der Waals surface area contributed by atoms with E-state index < -0.39 is 16.8 Å². The summed E-state index contributed by atoms with van der Waals surface area (Å²) in [6.45, 7) is 5.31. The van der Waals surface area contributed by atoms with Gasteiger partial charge in [0, 0.05) is 25.0 Å². The van der Waals surface area contributed by atoms with E-state index in [9.17, 15) is 9.18 Å². The average Bonchev–Trinajstić information content (AvgIpc) is 2.61. The Kier molecular flexibility index (Phi) is 4.30. The van der Waals surface area contributed by atoms with Gasteiger partial charge < -0.3 is 5.73 Å². The first-order valence-electron chi connectivity index (χ1n) is 8.48. The lowest BCUT2D eigenvalue weighted by molar-refractivity contribution is -0.140. The summed E-state index contributed by atoms with van der Waals surface area (Å²) in [4.78, 5) is 22.7. The Bertz CT molecular complexity index is 879. The van der Waals surface area contributed by atoms with Crippen molar-refractivity contribution in [3.8, 4) is 0 Å². The lowest BCUT2D eigenvalue weighted by atomic mass is 9.67. The minimum absolute atomic E-state index is 0.0916. The molecule has 3 rings (SSSR count). The smallest absolute Gasteiger partial charge is 0.237 e. The molecule has 0 bridgehead atoms. The molecule has 1 aliphatic rings. The molecular weight excluding hydrogens is 331 g/mol. The largest absolute Gasteiger partial charge is 0.369 e. The van der Waals surface area contributed by atoms with Gasteiger partial charge >= 0.3 is 0 Å². The summed E-state index contributed by atoms with van der Waals surface area (Å²) in [5.41, 5.74) is 6.21. The molecule has 5 nitrogen and oxygen atoms in total. The molecule has 1 aromatic carbocycles.